The van der Waals surface area contributed by atoms with E-state index in [0.29, 0.717) is 5.56 Å². The molecule has 1 aliphatic heterocycles. The van der Waals surface area contributed by atoms with E-state index in [1.807, 2.05) is 18.4 Å². The quantitative estimate of drug-likeness (QED) is 0.624. The fourth-order valence-corrected chi connectivity index (χ4v) is 5.11. The number of hydrogen-bond acceptors (Lipinski definition) is 5. The van der Waals surface area contributed by atoms with Crippen LogP contribution in [0.2, 0.25) is 0 Å². The number of methoxy groups -OCH3 is 1. The number of carbonyl (C=O) groups excluding carboxylic acids is 1. The fourth-order valence-electron chi connectivity index (χ4n) is 3.36. The van der Waals surface area contributed by atoms with Crippen molar-refractivity contribution in [3.8, 4) is 5.75 Å². The standard InChI is InChI=1S/C21H26N2O4S2/c1-22(15-16-6-8-17(27-2)9-7-16)29(25,26)18-10-11-20(28-3)19(14-18)21(24)23-12-4-5-13-23/h6-11,14H,4-5,12-13,15H2,1-3H3. The molecule has 0 radical (unpaired) electrons. The lowest BCUT2D eigenvalue weighted by Crippen LogP contribution is -2.29. The largest absolute Gasteiger partial charge is 0.497 e. The molecule has 2 aromatic rings. The van der Waals surface area contributed by atoms with Crippen molar-refractivity contribution < 1.29 is 17.9 Å². The normalized spacial score (nSPS) is 14.4. The summed E-state index contributed by atoms with van der Waals surface area (Å²) in [6, 6.07) is 12.1. The highest BCUT2D eigenvalue weighted by atomic mass is 32.2. The van der Waals surface area contributed by atoms with Gasteiger partial charge in [0.25, 0.3) is 5.91 Å². The number of nitrogens with zero attached hydrogens (tertiary/aromatic N) is 2. The summed E-state index contributed by atoms with van der Waals surface area (Å²) in [5.74, 6) is 0.624. The number of benzene rings is 2. The Hall–Kier alpha value is -2.03. The van der Waals surface area contributed by atoms with Crippen molar-refractivity contribution in [1.29, 1.82) is 0 Å². The van der Waals surface area contributed by atoms with Gasteiger partial charge in [0.15, 0.2) is 0 Å². The molecule has 6 nitrogen and oxygen atoms in total. The van der Waals surface area contributed by atoms with E-state index in [1.54, 1.807) is 43.3 Å². The molecule has 8 heteroatoms. The third kappa shape index (κ3) is 4.76. The predicted molar refractivity (Wildman–Crippen MR) is 115 cm³/mol. The number of amides is 1. The second-order valence-corrected chi connectivity index (χ2v) is 9.86. The third-order valence-corrected chi connectivity index (χ3v) is 7.66. The molecule has 1 fully saturated rings. The molecule has 0 aliphatic carbocycles. The summed E-state index contributed by atoms with van der Waals surface area (Å²) in [6.07, 6.45) is 3.87. The molecule has 0 atom stereocenters. The number of thioether (sulfide) groups is 1. The van der Waals surface area contributed by atoms with Crippen LogP contribution in [0.3, 0.4) is 0 Å². The number of likely N-dealkylation sites (tertiary alicyclic amines) is 1. The summed E-state index contributed by atoms with van der Waals surface area (Å²) in [7, 11) is -0.601. The molecule has 0 aromatic heterocycles. The number of sulfonamides is 1. The van der Waals surface area contributed by atoms with Gasteiger partial charge in [-0.15, -0.1) is 11.8 Å². The van der Waals surface area contributed by atoms with E-state index in [-0.39, 0.29) is 17.3 Å². The lowest BCUT2D eigenvalue weighted by Gasteiger charge is -2.20. The van der Waals surface area contributed by atoms with E-state index >= 15 is 0 Å². The Bertz CT molecular complexity index is 969. The van der Waals surface area contributed by atoms with Crippen LogP contribution >= 0.6 is 11.8 Å². The number of rotatable bonds is 7. The van der Waals surface area contributed by atoms with E-state index in [9.17, 15) is 13.2 Å². The average molecular weight is 435 g/mol. The molecule has 3 rings (SSSR count). The van der Waals surface area contributed by atoms with Gasteiger partial charge in [-0.1, -0.05) is 12.1 Å². The van der Waals surface area contributed by atoms with Crippen LogP contribution in [0, 0.1) is 0 Å². The van der Waals surface area contributed by atoms with Crippen LogP contribution in [0.25, 0.3) is 0 Å². The molecule has 0 bridgehead atoms. The Morgan fingerprint density at radius 2 is 1.79 bits per heavy atom. The van der Waals surface area contributed by atoms with Crippen LogP contribution in [-0.4, -0.2) is 57.0 Å². The van der Waals surface area contributed by atoms with E-state index in [2.05, 4.69) is 0 Å². The summed E-state index contributed by atoms with van der Waals surface area (Å²) in [6.45, 7) is 1.67. The first kappa shape index (κ1) is 21.7. The monoisotopic (exact) mass is 434 g/mol. The van der Waals surface area contributed by atoms with Crippen molar-refractivity contribution in [2.75, 3.05) is 33.5 Å². The number of hydrogen-bond donors (Lipinski definition) is 0. The zero-order valence-electron chi connectivity index (χ0n) is 16.9. The van der Waals surface area contributed by atoms with Gasteiger partial charge >= 0.3 is 0 Å². The van der Waals surface area contributed by atoms with Crippen molar-refractivity contribution in [3.63, 3.8) is 0 Å². The summed E-state index contributed by atoms with van der Waals surface area (Å²) in [4.78, 5) is 15.6. The SMILES string of the molecule is COc1ccc(CN(C)S(=O)(=O)c2ccc(SC)c(C(=O)N3CCCC3)c2)cc1. The predicted octanol–water partition coefficient (Wildman–Crippen LogP) is 3.47. The first-order valence-electron chi connectivity index (χ1n) is 9.43. The van der Waals surface area contributed by atoms with E-state index in [0.717, 1.165) is 42.1 Å². The summed E-state index contributed by atoms with van der Waals surface area (Å²) < 4.78 is 32.7. The Labute approximate surface area is 176 Å². The molecule has 2 aromatic carbocycles. The van der Waals surface area contributed by atoms with Crippen molar-refractivity contribution in [1.82, 2.24) is 9.21 Å². The molecule has 29 heavy (non-hydrogen) atoms. The molecule has 1 amide bonds. The lowest BCUT2D eigenvalue weighted by atomic mass is 10.2. The summed E-state index contributed by atoms with van der Waals surface area (Å²) >= 11 is 1.45. The third-order valence-electron chi connectivity index (χ3n) is 5.07. The molecule has 1 saturated heterocycles. The highest BCUT2D eigenvalue weighted by Crippen LogP contribution is 2.28. The van der Waals surface area contributed by atoms with Crippen molar-refractivity contribution in [2.45, 2.75) is 29.2 Å². The van der Waals surface area contributed by atoms with Crippen LogP contribution < -0.4 is 4.74 Å². The van der Waals surface area contributed by atoms with Crippen LogP contribution in [0.5, 0.6) is 5.75 Å². The maximum atomic E-state index is 13.1. The van der Waals surface area contributed by atoms with Gasteiger partial charge in [0.2, 0.25) is 10.0 Å². The Kier molecular flexibility index (Phi) is 6.87. The van der Waals surface area contributed by atoms with Gasteiger partial charge in [-0.25, -0.2) is 8.42 Å². The second-order valence-electron chi connectivity index (χ2n) is 6.97. The number of carbonyl (C=O) groups is 1. The maximum Gasteiger partial charge on any atom is 0.255 e. The van der Waals surface area contributed by atoms with Crippen LogP contribution in [0.1, 0.15) is 28.8 Å². The van der Waals surface area contributed by atoms with E-state index < -0.39 is 10.0 Å². The zero-order valence-corrected chi connectivity index (χ0v) is 18.6. The first-order chi connectivity index (χ1) is 13.9. The minimum absolute atomic E-state index is 0.0956. The minimum Gasteiger partial charge on any atom is -0.497 e. The summed E-state index contributed by atoms with van der Waals surface area (Å²) in [5.41, 5.74) is 1.31. The molecule has 1 heterocycles. The Balaban J connectivity index is 1.86. The second kappa shape index (κ2) is 9.19. The molecular weight excluding hydrogens is 408 g/mol. The molecular formula is C21H26N2O4S2. The van der Waals surface area contributed by atoms with Gasteiger partial charge in [-0.2, -0.15) is 4.31 Å². The summed E-state index contributed by atoms with van der Waals surface area (Å²) in [5, 5.41) is 0. The van der Waals surface area contributed by atoms with Gasteiger partial charge in [0.05, 0.1) is 17.6 Å². The first-order valence-corrected chi connectivity index (χ1v) is 12.1. The van der Waals surface area contributed by atoms with Crippen molar-refractivity contribution >= 4 is 27.7 Å². The van der Waals surface area contributed by atoms with E-state index in [1.165, 1.54) is 22.1 Å². The van der Waals surface area contributed by atoms with Gasteiger partial charge in [0.1, 0.15) is 5.75 Å². The molecule has 0 unspecified atom stereocenters. The average Bonchev–Trinajstić information content (AvgIpc) is 3.28. The maximum absolute atomic E-state index is 13.1. The van der Waals surface area contributed by atoms with E-state index in [4.69, 9.17) is 4.74 Å². The lowest BCUT2D eigenvalue weighted by molar-refractivity contribution is 0.0789. The smallest absolute Gasteiger partial charge is 0.255 e. The van der Waals surface area contributed by atoms with Crippen molar-refractivity contribution in [2.24, 2.45) is 0 Å². The molecule has 156 valence electrons. The van der Waals surface area contributed by atoms with Crippen LogP contribution in [0.15, 0.2) is 52.3 Å². The minimum atomic E-state index is -3.74. The van der Waals surface area contributed by atoms with Crippen molar-refractivity contribution in [3.05, 3.63) is 53.6 Å². The molecule has 0 spiro atoms. The van der Waals surface area contributed by atoms with Gasteiger partial charge in [0, 0.05) is 31.6 Å². The Morgan fingerprint density at radius 1 is 1.14 bits per heavy atom. The van der Waals surface area contributed by atoms with Gasteiger partial charge < -0.3 is 9.64 Å². The molecule has 0 saturated carbocycles. The van der Waals surface area contributed by atoms with Crippen LogP contribution in [0.4, 0.5) is 0 Å². The zero-order chi connectivity index (χ0) is 21.0. The number of ether oxygens (including phenoxy) is 1. The topological polar surface area (TPSA) is 66.9 Å². The highest BCUT2D eigenvalue weighted by Gasteiger charge is 2.26. The van der Waals surface area contributed by atoms with Gasteiger partial charge in [-0.3, -0.25) is 4.79 Å². The molecule has 1 aliphatic rings. The fraction of sp³-hybridized carbons (Fsp3) is 0.381. The van der Waals surface area contributed by atoms with Crippen LogP contribution in [-0.2, 0) is 16.6 Å². The molecule has 0 N–H and O–H groups in total. The highest BCUT2D eigenvalue weighted by molar-refractivity contribution is 7.98. The van der Waals surface area contributed by atoms with Gasteiger partial charge in [-0.05, 0) is 55.0 Å². The Morgan fingerprint density at radius 3 is 2.38 bits per heavy atom.